The first-order chi connectivity index (χ1) is 9.25. The lowest BCUT2D eigenvalue weighted by atomic mass is 10.00. The summed E-state index contributed by atoms with van der Waals surface area (Å²) in [6, 6.07) is 4.20. The number of amides is 1. The van der Waals surface area contributed by atoms with Crippen molar-refractivity contribution in [2.24, 2.45) is 11.7 Å². The molecule has 0 aromatic heterocycles. The van der Waals surface area contributed by atoms with Gasteiger partial charge in [-0.15, -0.1) is 0 Å². The van der Waals surface area contributed by atoms with Crippen LogP contribution in [0, 0.1) is 11.7 Å². The van der Waals surface area contributed by atoms with Gasteiger partial charge < -0.3 is 5.73 Å². The van der Waals surface area contributed by atoms with E-state index in [2.05, 4.69) is 4.72 Å². The third-order valence-corrected chi connectivity index (χ3v) is 4.42. The fourth-order valence-corrected chi connectivity index (χ4v) is 3.18. The van der Waals surface area contributed by atoms with Gasteiger partial charge in [-0.2, -0.15) is 0 Å². The van der Waals surface area contributed by atoms with Crippen LogP contribution in [0.1, 0.15) is 25.8 Å². The number of hydrogen-bond donors (Lipinski definition) is 2. The molecule has 0 bridgehead atoms. The highest BCUT2D eigenvalue weighted by atomic mass is 32.2. The monoisotopic (exact) mass is 302 g/mol. The number of halogens is 1. The highest BCUT2D eigenvalue weighted by molar-refractivity contribution is 7.88. The highest BCUT2D eigenvalue weighted by Gasteiger charge is 2.26. The second kappa shape index (κ2) is 6.81. The molecule has 2 atom stereocenters. The van der Waals surface area contributed by atoms with Crippen LogP contribution in [-0.2, 0) is 20.6 Å². The third-order valence-electron chi connectivity index (χ3n) is 3.10. The minimum Gasteiger partial charge on any atom is -0.368 e. The Labute approximate surface area is 118 Å². The topological polar surface area (TPSA) is 89.3 Å². The van der Waals surface area contributed by atoms with E-state index in [9.17, 15) is 17.6 Å². The van der Waals surface area contributed by atoms with Gasteiger partial charge in [0.05, 0.1) is 5.75 Å². The van der Waals surface area contributed by atoms with E-state index in [0.29, 0.717) is 12.0 Å². The molecule has 20 heavy (non-hydrogen) atoms. The molecule has 0 saturated heterocycles. The lowest BCUT2D eigenvalue weighted by molar-refractivity contribution is -0.120. The molecule has 1 amide bonds. The maximum absolute atomic E-state index is 12.8. The number of rotatable bonds is 7. The molecule has 0 aliphatic heterocycles. The number of benzene rings is 1. The van der Waals surface area contributed by atoms with Gasteiger partial charge in [0.1, 0.15) is 11.9 Å². The number of primary amides is 1. The van der Waals surface area contributed by atoms with Crippen molar-refractivity contribution in [1.82, 2.24) is 4.72 Å². The van der Waals surface area contributed by atoms with E-state index in [4.69, 9.17) is 5.73 Å². The molecule has 0 aliphatic carbocycles. The molecule has 0 aliphatic rings. The van der Waals surface area contributed by atoms with Gasteiger partial charge in [0.25, 0.3) is 0 Å². The summed E-state index contributed by atoms with van der Waals surface area (Å²) in [4.78, 5) is 11.3. The first-order valence-electron chi connectivity index (χ1n) is 6.29. The van der Waals surface area contributed by atoms with Gasteiger partial charge in [-0.3, -0.25) is 4.79 Å². The first-order valence-corrected chi connectivity index (χ1v) is 7.94. The average Bonchev–Trinajstić information content (AvgIpc) is 2.37. The summed E-state index contributed by atoms with van der Waals surface area (Å²) >= 11 is 0. The van der Waals surface area contributed by atoms with Gasteiger partial charge in [-0.25, -0.2) is 17.5 Å². The van der Waals surface area contributed by atoms with Crippen LogP contribution in [0.4, 0.5) is 4.39 Å². The zero-order valence-corrected chi connectivity index (χ0v) is 12.3. The summed E-state index contributed by atoms with van der Waals surface area (Å²) in [5, 5.41) is 0. The third kappa shape index (κ3) is 4.90. The Bertz CT molecular complexity index is 557. The SMILES string of the molecule is CCC(C)C(NS(=O)(=O)Cc1ccc(F)cc1)C(N)=O. The Morgan fingerprint density at radius 1 is 1.35 bits per heavy atom. The van der Waals surface area contributed by atoms with E-state index in [-0.39, 0.29) is 11.7 Å². The lowest BCUT2D eigenvalue weighted by Gasteiger charge is -2.21. The van der Waals surface area contributed by atoms with E-state index in [1.54, 1.807) is 6.92 Å². The van der Waals surface area contributed by atoms with Crippen LogP contribution < -0.4 is 10.5 Å². The van der Waals surface area contributed by atoms with Gasteiger partial charge in [0.2, 0.25) is 15.9 Å². The van der Waals surface area contributed by atoms with E-state index in [0.717, 1.165) is 0 Å². The lowest BCUT2D eigenvalue weighted by Crippen LogP contribution is -2.48. The van der Waals surface area contributed by atoms with Crippen LogP contribution in [0.15, 0.2) is 24.3 Å². The molecule has 0 spiro atoms. The van der Waals surface area contributed by atoms with Crippen LogP contribution in [0.5, 0.6) is 0 Å². The maximum Gasteiger partial charge on any atom is 0.235 e. The largest absolute Gasteiger partial charge is 0.368 e. The molecule has 1 rings (SSSR count). The fourth-order valence-electron chi connectivity index (χ4n) is 1.73. The summed E-state index contributed by atoms with van der Waals surface area (Å²) in [6.45, 7) is 3.59. The second-order valence-electron chi connectivity index (χ2n) is 4.77. The molecule has 112 valence electrons. The van der Waals surface area contributed by atoms with E-state index in [1.807, 2.05) is 6.92 Å². The average molecular weight is 302 g/mol. The molecule has 0 heterocycles. The molecule has 5 nitrogen and oxygen atoms in total. The van der Waals surface area contributed by atoms with Crippen molar-refractivity contribution in [3.63, 3.8) is 0 Å². The Hall–Kier alpha value is -1.47. The maximum atomic E-state index is 12.8. The minimum atomic E-state index is -3.72. The van der Waals surface area contributed by atoms with Gasteiger partial charge in [0, 0.05) is 0 Å². The van der Waals surface area contributed by atoms with E-state index < -0.39 is 27.8 Å². The van der Waals surface area contributed by atoms with Crippen molar-refractivity contribution < 1.29 is 17.6 Å². The van der Waals surface area contributed by atoms with Crippen molar-refractivity contribution in [1.29, 1.82) is 0 Å². The van der Waals surface area contributed by atoms with Crippen LogP contribution in [0.3, 0.4) is 0 Å². The predicted molar refractivity (Wildman–Crippen MR) is 74.6 cm³/mol. The van der Waals surface area contributed by atoms with Crippen molar-refractivity contribution in [2.75, 3.05) is 0 Å². The molecule has 2 unspecified atom stereocenters. The highest BCUT2D eigenvalue weighted by Crippen LogP contribution is 2.11. The van der Waals surface area contributed by atoms with Crippen molar-refractivity contribution in [2.45, 2.75) is 32.1 Å². The van der Waals surface area contributed by atoms with Crippen LogP contribution in [-0.4, -0.2) is 20.4 Å². The van der Waals surface area contributed by atoms with Crippen LogP contribution >= 0.6 is 0 Å². The molecule has 0 saturated carbocycles. The van der Waals surface area contributed by atoms with Crippen LogP contribution in [0.2, 0.25) is 0 Å². The predicted octanol–water partition coefficient (Wildman–Crippen LogP) is 1.15. The molecule has 1 aromatic carbocycles. The number of sulfonamides is 1. The summed E-state index contributed by atoms with van der Waals surface area (Å²) in [6.07, 6.45) is 0.618. The van der Waals surface area contributed by atoms with Gasteiger partial charge in [-0.1, -0.05) is 32.4 Å². The summed E-state index contributed by atoms with van der Waals surface area (Å²) < 4.78 is 39.1. The number of carbonyl (C=O) groups is 1. The fraction of sp³-hybridized carbons (Fsp3) is 0.462. The molecule has 3 N–H and O–H groups in total. The molecule has 7 heteroatoms. The first kappa shape index (κ1) is 16.6. The molecular formula is C13H19FN2O3S. The normalized spacial score (nSPS) is 14.8. The number of carbonyl (C=O) groups excluding carboxylic acids is 1. The Kier molecular flexibility index (Phi) is 5.64. The van der Waals surface area contributed by atoms with Crippen molar-refractivity contribution in [3.8, 4) is 0 Å². The van der Waals surface area contributed by atoms with E-state index >= 15 is 0 Å². The standard InChI is InChI=1S/C13H19FN2O3S/c1-3-9(2)12(13(15)17)16-20(18,19)8-10-4-6-11(14)7-5-10/h4-7,9,12,16H,3,8H2,1-2H3,(H2,15,17). The number of hydrogen-bond acceptors (Lipinski definition) is 3. The molecule has 0 radical (unpaired) electrons. The molecular weight excluding hydrogens is 283 g/mol. The number of nitrogens with two attached hydrogens (primary N) is 1. The van der Waals surface area contributed by atoms with Crippen molar-refractivity contribution in [3.05, 3.63) is 35.6 Å². The second-order valence-corrected chi connectivity index (χ2v) is 6.52. The minimum absolute atomic E-state index is 0.199. The summed E-state index contributed by atoms with van der Waals surface area (Å²) in [7, 11) is -3.72. The Morgan fingerprint density at radius 3 is 2.35 bits per heavy atom. The number of nitrogens with one attached hydrogen (secondary N) is 1. The Balaban J connectivity index is 2.82. The summed E-state index contributed by atoms with van der Waals surface area (Å²) in [5.74, 6) is -1.67. The Morgan fingerprint density at radius 2 is 1.90 bits per heavy atom. The van der Waals surface area contributed by atoms with Gasteiger partial charge >= 0.3 is 0 Å². The zero-order valence-electron chi connectivity index (χ0n) is 11.5. The van der Waals surface area contributed by atoms with Crippen molar-refractivity contribution >= 4 is 15.9 Å². The smallest absolute Gasteiger partial charge is 0.235 e. The zero-order chi connectivity index (χ0) is 15.3. The van der Waals surface area contributed by atoms with Crippen LogP contribution in [0.25, 0.3) is 0 Å². The van der Waals surface area contributed by atoms with Gasteiger partial charge in [-0.05, 0) is 23.6 Å². The quantitative estimate of drug-likeness (QED) is 0.791. The molecule has 0 fully saturated rings. The summed E-state index contributed by atoms with van der Waals surface area (Å²) in [5.41, 5.74) is 5.65. The van der Waals surface area contributed by atoms with E-state index in [1.165, 1.54) is 24.3 Å². The van der Waals surface area contributed by atoms with Gasteiger partial charge in [0.15, 0.2) is 0 Å². The molecule has 1 aromatic rings.